The molecular formula is C20H36N2O7P2S. The van der Waals surface area contributed by atoms with Crippen LogP contribution in [0.2, 0.25) is 0 Å². The van der Waals surface area contributed by atoms with Crippen LogP contribution < -0.4 is 5.32 Å². The molecule has 12 heteroatoms. The summed E-state index contributed by atoms with van der Waals surface area (Å²) in [5, 5.41) is 3.09. The van der Waals surface area contributed by atoms with Crippen molar-refractivity contribution >= 4 is 37.9 Å². The molecule has 0 atom stereocenters. The van der Waals surface area contributed by atoms with Crippen LogP contribution in [0.1, 0.15) is 53.0 Å². The zero-order valence-electron chi connectivity index (χ0n) is 19.6. The number of carbonyl (C=O) groups excluding carboxylic acids is 1. The summed E-state index contributed by atoms with van der Waals surface area (Å²) in [6.07, 6.45) is 4.22. The Labute approximate surface area is 195 Å². The smallest absolute Gasteiger partial charge is 0.346 e. The third-order valence-electron chi connectivity index (χ3n) is 4.10. The Hall–Kier alpha value is -0.730. The zero-order chi connectivity index (χ0) is 24.0. The van der Waals surface area contributed by atoms with E-state index >= 15 is 0 Å². The maximum Gasteiger partial charge on any atom is 0.365 e. The topological polar surface area (TPSA) is 113 Å². The van der Waals surface area contributed by atoms with Crippen LogP contribution >= 0.6 is 27.0 Å². The van der Waals surface area contributed by atoms with Crippen LogP contribution in [0.5, 0.6) is 0 Å². The van der Waals surface area contributed by atoms with Gasteiger partial charge >= 0.3 is 15.2 Å². The lowest BCUT2D eigenvalue weighted by atomic mass is 10.1. The zero-order valence-corrected chi connectivity index (χ0v) is 22.2. The van der Waals surface area contributed by atoms with E-state index in [1.807, 2.05) is 6.07 Å². The molecule has 1 aromatic heterocycles. The molecule has 0 aliphatic carbocycles. The van der Waals surface area contributed by atoms with E-state index in [0.29, 0.717) is 5.82 Å². The van der Waals surface area contributed by atoms with Gasteiger partial charge in [-0.3, -0.25) is 13.9 Å². The molecular weight excluding hydrogens is 474 g/mol. The minimum Gasteiger partial charge on any atom is -0.346 e. The lowest BCUT2D eigenvalue weighted by molar-refractivity contribution is -0.109. The fourth-order valence-corrected chi connectivity index (χ4v) is 8.45. The van der Waals surface area contributed by atoms with E-state index in [-0.39, 0.29) is 31.5 Å². The van der Waals surface area contributed by atoms with Crippen molar-refractivity contribution in [1.82, 2.24) is 4.98 Å². The highest BCUT2D eigenvalue weighted by molar-refractivity contribution is 8.13. The van der Waals surface area contributed by atoms with Gasteiger partial charge in [-0.1, -0.05) is 11.8 Å². The molecule has 0 aromatic carbocycles. The first kappa shape index (κ1) is 29.3. The number of anilines is 1. The Bertz CT molecular complexity index is 747. The Morgan fingerprint density at radius 2 is 1.53 bits per heavy atom. The number of hydrogen-bond donors (Lipinski definition) is 1. The van der Waals surface area contributed by atoms with Gasteiger partial charge in [0.25, 0.3) is 0 Å². The predicted octanol–water partition coefficient (Wildman–Crippen LogP) is 5.91. The highest BCUT2D eigenvalue weighted by atomic mass is 32.2. The monoisotopic (exact) mass is 510 g/mol. The maximum absolute atomic E-state index is 13.6. The van der Waals surface area contributed by atoms with Gasteiger partial charge in [-0.05, 0) is 64.7 Å². The summed E-state index contributed by atoms with van der Waals surface area (Å²) >= 11 is 1.32. The number of aromatic nitrogens is 1. The maximum atomic E-state index is 13.6. The molecule has 0 saturated carbocycles. The van der Waals surface area contributed by atoms with E-state index in [4.69, 9.17) is 18.1 Å². The molecule has 0 radical (unpaired) electrons. The molecule has 9 nitrogen and oxygen atoms in total. The van der Waals surface area contributed by atoms with E-state index in [2.05, 4.69) is 10.3 Å². The Kier molecular flexibility index (Phi) is 13.9. The molecule has 0 spiro atoms. The van der Waals surface area contributed by atoms with Gasteiger partial charge in [-0.15, -0.1) is 0 Å². The number of nitrogens with one attached hydrogen (secondary N) is 1. The molecule has 1 rings (SSSR count). The fourth-order valence-electron chi connectivity index (χ4n) is 2.90. The van der Waals surface area contributed by atoms with Crippen LogP contribution in [0.25, 0.3) is 0 Å². The van der Waals surface area contributed by atoms with Gasteiger partial charge in [0, 0.05) is 18.9 Å². The number of nitrogens with zero attached hydrogens (tertiary/aromatic N) is 1. The molecule has 0 unspecified atom stereocenters. The first-order valence-electron chi connectivity index (χ1n) is 10.9. The van der Waals surface area contributed by atoms with Crippen LogP contribution in [-0.4, -0.2) is 47.8 Å². The van der Waals surface area contributed by atoms with Gasteiger partial charge in [0.05, 0.1) is 26.4 Å². The lowest BCUT2D eigenvalue weighted by Crippen LogP contribution is -2.26. The molecule has 184 valence electrons. The average molecular weight is 511 g/mol. The predicted molar refractivity (Wildman–Crippen MR) is 129 cm³/mol. The van der Waals surface area contributed by atoms with Gasteiger partial charge in [-0.2, -0.15) is 0 Å². The van der Waals surface area contributed by atoms with Crippen LogP contribution in [0.4, 0.5) is 5.82 Å². The molecule has 1 aromatic rings. The number of aryl methyl sites for hydroxylation is 1. The molecule has 1 heterocycles. The second kappa shape index (κ2) is 15.2. The standard InChI is InChI=1S/C20H36N2O7P2S/c1-6-26-30(24,27-7-2)20(31(25,28-8-3)29-9-4)22-19-16-18(13-14-21-19)12-10-11-15-32-17(5)23/h13-14,16,20H,6-12,15H2,1-5H3,(H,21,22). The molecule has 1 N–H and O–H groups in total. The van der Waals surface area contributed by atoms with E-state index < -0.39 is 20.7 Å². The fraction of sp³-hybridized carbons (Fsp3) is 0.700. The highest BCUT2D eigenvalue weighted by Crippen LogP contribution is 2.70. The van der Waals surface area contributed by atoms with E-state index in [9.17, 15) is 13.9 Å². The van der Waals surface area contributed by atoms with Crippen LogP contribution in [0, 0.1) is 0 Å². The lowest BCUT2D eigenvalue weighted by Gasteiger charge is -2.32. The van der Waals surface area contributed by atoms with Gasteiger partial charge in [-0.25, -0.2) is 4.98 Å². The van der Waals surface area contributed by atoms with Crippen molar-refractivity contribution in [2.75, 3.05) is 37.5 Å². The highest BCUT2D eigenvalue weighted by Gasteiger charge is 2.51. The summed E-state index contributed by atoms with van der Waals surface area (Å²) in [4.78, 5) is 15.3. The summed E-state index contributed by atoms with van der Waals surface area (Å²) in [6, 6.07) is 3.68. The van der Waals surface area contributed by atoms with Crippen molar-refractivity contribution in [2.24, 2.45) is 0 Å². The number of pyridine rings is 1. The molecule has 0 aliphatic rings. The number of unbranched alkanes of at least 4 members (excludes halogenated alkanes) is 1. The minimum absolute atomic E-state index is 0.0967. The first-order valence-corrected chi connectivity index (χ1v) is 15.1. The van der Waals surface area contributed by atoms with E-state index in [1.165, 1.54) is 11.8 Å². The second-order valence-electron chi connectivity index (χ2n) is 6.62. The molecule has 0 fully saturated rings. The summed E-state index contributed by atoms with van der Waals surface area (Å²) in [5.74, 6) is 1.15. The van der Waals surface area contributed by atoms with Crippen LogP contribution in [0.15, 0.2) is 18.3 Å². The van der Waals surface area contributed by atoms with Crippen molar-refractivity contribution in [3.8, 4) is 0 Å². The molecule has 0 saturated heterocycles. The molecule has 0 aliphatic heterocycles. The van der Waals surface area contributed by atoms with E-state index in [1.54, 1.807) is 46.9 Å². The van der Waals surface area contributed by atoms with Crippen molar-refractivity contribution in [3.05, 3.63) is 23.9 Å². The van der Waals surface area contributed by atoms with Gasteiger partial charge in [0.1, 0.15) is 5.82 Å². The Morgan fingerprint density at radius 3 is 2.00 bits per heavy atom. The van der Waals surface area contributed by atoms with Crippen molar-refractivity contribution in [2.45, 2.75) is 59.4 Å². The molecule has 0 bridgehead atoms. The number of carbonyl (C=O) groups is 1. The number of thioether (sulfide) groups is 1. The number of rotatable bonds is 17. The average Bonchev–Trinajstić information content (AvgIpc) is 2.72. The van der Waals surface area contributed by atoms with Crippen molar-refractivity contribution in [3.63, 3.8) is 0 Å². The largest absolute Gasteiger partial charge is 0.365 e. The minimum atomic E-state index is -3.93. The molecule has 32 heavy (non-hydrogen) atoms. The SMILES string of the molecule is CCOP(=O)(OCC)C(Nc1cc(CCCCSC(C)=O)ccn1)P(=O)(OCC)OCC. The second-order valence-corrected chi connectivity index (χ2v) is 12.5. The summed E-state index contributed by atoms with van der Waals surface area (Å²) in [7, 11) is -7.86. The Balaban J connectivity index is 3.12. The van der Waals surface area contributed by atoms with Crippen molar-refractivity contribution < 1.29 is 32.0 Å². The van der Waals surface area contributed by atoms with Gasteiger partial charge < -0.3 is 23.4 Å². The van der Waals surface area contributed by atoms with Gasteiger partial charge in [0.2, 0.25) is 5.52 Å². The summed E-state index contributed by atoms with van der Waals surface area (Å²) < 4.78 is 49.1. The molecule has 0 amide bonds. The Morgan fingerprint density at radius 1 is 1.00 bits per heavy atom. The van der Waals surface area contributed by atoms with E-state index in [0.717, 1.165) is 30.6 Å². The quantitative estimate of drug-likeness (QED) is 0.200. The first-order chi connectivity index (χ1) is 15.2. The normalized spacial score (nSPS) is 12.3. The van der Waals surface area contributed by atoms with Crippen LogP contribution in [0.3, 0.4) is 0 Å². The van der Waals surface area contributed by atoms with Gasteiger partial charge in [0.15, 0.2) is 5.12 Å². The summed E-state index contributed by atoms with van der Waals surface area (Å²) in [6.45, 7) is 8.67. The summed E-state index contributed by atoms with van der Waals surface area (Å²) in [5.41, 5.74) is -0.371. The van der Waals surface area contributed by atoms with Crippen LogP contribution in [-0.2, 0) is 38.4 Å². The van der Waals surface area contributed by atoms with Crippen molar-refractivity contribution in [1.29, 1.82) is 0 Å². The third kappa shape index (κ3) is 9.64. The number of hydrogen-bond acceptors (Lipinski definition) is 10. The third-order valence-corrected chi connectivity index (χ3v) is 10.6.